The van der Waals surface area contributed by atoms with E-state index in [0.29, 0.717) is 12.1 Å². The largest absolute Gasteiger partial charge is 0.471 e. The molecule has 15 heteroatoms. The molecule has 0 bridgehead atoms. The lowest BCUT2D eigenvalue weighted by Crippen LogP contribution is -2.49. The Bertz CT molecular complexity index is 1280. The Hall–Kier alpha value is -2.44. The Labute approximate surface area is 237 Å². The second kappa shape index (κ2) is 12.2. The Morgan fingerprint density at radius 3 is 1.93 bits per heavy atom. The molecule has 2 aromatic rings. The van der Waals surface area contributed by atoms with Gasteiger partial charge in [0.1, 0.15) is 0 Å². The van der Waals surface area contributed by atoms with E-state index in [9.17, 15) is 49.1 Å². The smallest absolute Gasteiger partial charge is 0.343 e. The summed E-state index contributed by atoms with van der Waals surface area (Å²) < 4.78 is 120. The van der Waals surface area contributed by atoms with Crippen molar-refractivity contribution >= 4 is 52.6 Å². The van der Waals surface area contributed by atoms with Crippen LogP contribution < -0.4 is 5.32 Å². The van der Waals surface area contributed by atoms with Gasteiger partial charge in [-0.3, -0.25) is 9.59 Å². The molecular formula is C25H19Cl3F9NO2. The predicted octanol–water partition coefficient (Wildman–Crippen LogP) is 9.44. The number of amides is 1. The summed E-state index contributed by atoms with van der Waals surface area (Å²) in [4.78, 5) is 23.8. The Morgan fingerprint density at radius 1 is 0.900 bits per heavy atom. The van der Waals surface area contributed by atoms with Crippen molar-refractivity contribution in [3.8, 4) is 0 Å². The third kappa shape index (κ3) is 9.04. The Balaban J connectivity index is 2.37. The van der Waals surface area contributed by atoms with Crippen molar-refractivity contribution in [2.75, 3.05) is 0 Å². The molecule has 0 radical (unpaired) electrons. The molecule has 1 unspecified atom stereocenters. The van der Waals surface area contributed by atoms with E-state index in [1.807, 2.05) is 0 Å². The van der Waals surface area contributed by atoms with Crippen LogP contribution in [0.25, 0.3) is 6.08 Å². The number of alkyl halides is 9. The summed E-state index contributed by atoms with van der Waals surface area (Å²) in [7, 11) is 0. The molecular weight excluding hydrogens is 624 g/mol. The van der Waals surface area contributed by atoms with Crippen molar-refractivity contribution in [2.24, 2.45) is 0 Å². The lowest BCUT2D eigenvalue weighted by molar-refractivity contribution is -0.175. The van der Waals surface area contributed by atoms with Crippen LogP contribution in [0.15, 0.2) is 36.4 Å². The predicted molar refractivity (Wildman–Crippen MR) is 133 cm³/mol. The lowest BCUT2D eigenvalue weighted by atomic mass is 9.91. The van der Waals surface area contributed by atoms with Crippen molar-refractivity contribution in [1.29, 1.82) is 0 Å². The van der Waals surface area contributed by atoms with Gasteiger partial charge in [-0.25, -0.2) is 0 Å². The number of benzene rings is 2. The van der Waals surface area contributed by atoms with Gasteiger partial charge in [0, 0.05) is 17.5 Å². The minimum Gasteiger partial charge on any atom is -0.343 e. The first kappa shape index (κ1) is 33.8. The van der Waals surface area contributed by atoms with E-state index in [2.05, 4.69) is 0 Å². The molecule has 0 spiro atoms. The third-order valence-electron chi connectivity index (χ3n) is 5.53. The topological polar surface area (TPSA) is 46.2 Å². The van der Waals surface area contributed by atoms with Gasteiger partial charge in [0.15, 0.2) is 5.78 Å². The van der Waals surface area contributed by atoms with Crippen molar-refractivity contribution in [3.63, 3.8) is 0 Å². The van der Waals surface area contributed by atoms with E-state index < -0.39 is 71.2 Å². The summed E-state index contributed by atoms with van der Waals surface area (Å²) >= 11 is 17.4. The summed E-state index contributed by atoms with van der Waals surface area (Å²) in [6.07, 6.45) is -15.0. The minimum atomic E-state index is -5.20. The van der Waals surface area contributed by atoms with E-state index in [4.69, 9.17) is 34.8 Å². The zero-order chi connectivity index (χ0) is 30.8. The van der Waals surface area contributed by atoms with Gasteiger partial charge in [0.2, 0.25) is 0 Å². The standard InChI is InChI=1S/C25H19Cl3F9NO2/c1-22(2,38-21(40)25(35,36)37)8-7-19(39)14-5-3-12(9-16(14)24(32,33)34)4-6-15(23(29,30)31)13-10-17(26)20(28)18(27)11-13/h3-6,9-11,15H,7-8H2,1-2H3,(H,38,40)/b6-4+. The van der Waals surface area contributed by atoms with E-state index >= 15 is 0 Å². The molecule has 2 rings (SSSR count). The molecule has 0 saturated heterocycles. The highest BCUT2D eigenvalue weighted by molar-refractivity contribution is 6.48. The van der Waals surface area contributed by atoms with Crippen LogP contribution in [-0.4, -0.2) is 29.6 Å². The quantitative estimate of drug-likeness (QED) is 0.177. The average molecular weight is 643 g/mol. The monoisotopic (exact) mass is 641 g/mol. The van der Waals surface area contributed by atoms with Crippen molar-refractivity contribution < 1.29 is 49.1 Å². The maximum absolute atomic E-state index is 13.8. The van der Waals surface area contributed by atoms with Crippen molar-refractivity contribution in [2.45, 2.75) is 56.7 Å². The number of hydrogen-bond acceptors (Lipinski definition) is 2. The zero-order valence-corrected chi connectivity index (χ0v) is 22.7. The molecule has 0 aliphatic carbocycles. The van der Waals surface area contributed by atoms with Crippen LogP contribution in [0.4, 0.5) is 39.5 Å². The number of hydrogen-bond donors (Lipinski definition) is 1. The molecule has 1 atom stereocenters. The van der Waals surface area contributed by atoms with Gasteiger partial charge in [0.25, 0.3) is 0 Å². The van der Waals surface area contributed by atoms with Gasteiger partial charge < -0.3 is 5.32 Å². The number of nitrogens with one attached hydrogen (secondary N) is 1. The van der Waals surface area contributed by atoms with E-state index in [0.717, 1.165) is 44.2 Å². The maximum Gasteiger partial charge on any atom is 0.471 e. The molecule has 1 N–H and O–H groups in total. The molecule has 2 aromatic carbocycles. The van der Waals surface area contributed by atoms with Gasteiger partial charge in [-0.15, -0.1) is 0 Å². The number of rotatable bonds is 8. The van der Waals surface area contributed by atoms with Gasteiger partial charge in [-0.1, -0.05) is 59.1 Å². The molecule has 0 saturated carbocycles. The van der Waals surface area contributed by atoms with Gasteiger partial charge in [-0.05, 0) is 49.6 Å². The highest BCUT2D eigenvalue weighted by atomic mass is 35.5. The third-order valence-corrected chi connectivity index (χ3v) is 6.73. The molecule has 40 heavy (non-hydrogen) atoms. The first-order chi connectivity index (χ1) is 18.0. The Kier molecular flexibility index (Phi) is 10.3. The lowest BCUT2D eigenvalue weighted by Gasteiger charge is -2.26. The number of halogens is 12. The SMILES string of the molecule is CC(C)(CCC(=O)c1ccc(/C=C/C(c2cc(Cl)c(Cl)c(Cl)c2)C(F)(F)F)cc1C(F)(F)F)NC(=O)C(F)(F)F. The fraction of sp³-hybridized carbons (Fsp3) is 0.360. The van der Waals surface area contributed by atoms with E-state index in [1.54, 1.807) is 5.32 Å². The molecule has 220 valence electrons. The number of allylic oxidation sites excluding steroid dienone is 1. The molecule has 0 aromatic heterocycles. The van der Waals surface area contributed by atoms with Gasteiger partial charge in [-0.2, -0.15) is 39.5 Å². The second-order valence-corrected chi connectivity index (χ2v) is 10.4. The average Bonchev–Trinajstić information content (AvgIpc) is 2.78. The normalized spacial score (nSPS) is 13.9. The van der Waals surface area contributed by atoms with Crippen LogP contribution in [-0.2, 0) is 11.0 Å². The fourth-order valence-corrected chi connectivity index (χ4v) is 4.13. The van der Waals surface area contributed by atoms with E-state index in [-0.39, 0.29) is 20.6 Å². The number of carbonyl (C=O) groups is 2. The summed E-state index contributed by atoms with van der Waals surface area (Å²) in [6.45, 7) is 2.31. The summed E-state index contributed by atoms with van der Waals surface area (Å²) in [5, 5.41) is 0.938. The Morgan fingerprint density at radius 2 is 1.45 bits per heavy atom. The highest BCUT2D eigenvalue weighted by Crippen LogP contribution is 2.41. The van der Waals surface area contributed by atoms with Gasteiger partial charge >= 0.3 is 24.4 Å². The van der Waals surface area contributed by atoms with Crippen LogP contribution in [0.2, 0.25) is 15.1 Å². The molecule has 0 heterocycles. The molecule has 3 nitrogen and oxygen atoms in total. The number of ketones is 1. The van der Waals surface area contributed by atoms with Crippen LogP contribution >= 0.6 is 34.8 Å². The number of carbonyl (C=O) groups excluding carboxylic acids is 2. The molecule has 0 aliphatic heterocycles. The molecule has 0 aliphatic rings. The highest BCUT2D eigenvalue weighted by Gasteiger charge is 2.42. The minimum absolute atomic E-state index is 0.182. The second-order valence-electron chi connectivity index (χ2n) is 9.24. The maximum atomic E-state index is 13.8. The van der Waals surface area contributed by atoms with Crippen LogP contribution in [0.5, 0.6) is 0 Å². The van der Waals surface area contributed by atoms with Crippen LogP contribution in [0.1, 0.15) is 59.7 Å². The summed E-state index contributed by atoms with van der Waals surface area (Å²) in [5.74, 6) is -5.71. The van der Waals surface area contributed by atoms with E-state index in [1.165, 1.54) is 0 Å². The van der Waals surface area contributed by atoms with Crippen molar-refractivity contribution in [1.82, 2.24) is 5.32 Å². The summed E-state index contributed by atoms with van der Waals surface area (Å²) in [6, 6.07) is 4.03. The molecule has 0 fully saturated rings. The van der Waals surface area contributed by atoms with Crippen molar-refractivity contribution in [3.05, 3.63) is 73.7 Å². The van der Waals surface area contributed by atoms with Crippen LogP contribution in [0.3, 0.4) is 0 Å². The zero-order valence-electron chi connectivity index (χ0n) is 20.4. The first-order valence-corrected chi connectivity index (χ1v) is 12.2. The summed E-state index contributed by atoms with van der Waals surface area (Å²) in [5.41, 5.74) is -4.65. The van der Waals surface area contributed by atoms with Crippen LogP contribution in [0, 0.1) is 0 Å². The first-order valence-electron chi connectivity index (χ1n) is 11.1. The van der Waals surface area contributed by atoms with Gasteiger partial charge in [0.05, 0.1) is 26.5 Å². The number of Topliss-reactive ketones (excluding diaryl/α,β-unsaturated/α-hetero) is 1. The fourth-order valence-electron chi connectivity index (χ4n) is 3.52. The molecule has 1 amide bonds.